The zero-order valence-electron chi connectivity index (χ0n) is 9.66. The van der Waals surface area contributed by atoms with Crippen molar-refractivity contribution in [1.29, 1.82) is 0 Å². The maximum Gasteiger partial charge on any atom is 0.406 e. The van der Waals surface area contributed by atoms with E-state index in [9.17, 15) is 22.8 Å². The van der Waals surface area contributed by atoms with Crippen LogP contribution in [-0.4, -0.2) is 47.8 Å². The first-order chi connectivity index (χ1) is 8.28. The Morgan fingerprint density at radius 1 is 1.33 bits per heavy atom. The van der Waals surface area contributed by atoms with Crippen LogP contribution in [0.1, 0.15) is 19.3 Å². The van der Waals surface area contributed by atoms with Gasteiger partial charge in [0.1, 0.15) is 13.1 Å². The molecule has 0 atom stereocenters. The molecule has 1 fully saturated rings. The summed E-state index contributed by atoms with van der Waals surface area (Å²) in [4.78, 5) is 22.1. The Kier molecular flexibility index (Phi) is 4.80. The second-order valence-electron chi connectivity index (χ2n) is 4.35. The Morgan fingerprint density at radius 2 is 1.94 bits per heavy atom. The van der Waals surface area contributed by atoms with Gasteiger partial charge in [0.15, 0.2) is 0 Å². The van der Waals surface area contributed by atoms with Crippen LogP contribution in [0.3, 0.4) is 0 Å². The first-order valence-corrected chi connectivity index (χ1v) is 5.59. The van der Waals surface area contributed by atoms with Gasteiger partial charge in [-0.05, 0) is 18.8 Å². The molecule has 0 aromatic carbocycles. The molecule has 0 aliphatic heterocycles. The smallest absolute Gasteiger partial charge is 0.406 e. The van der Waals surface area contributed by atoms with Crippen molar-refractivity contribution in [1.82, 2.24) is 10.2 Å². The molecule has 8 heteroatoms. The van der Waals surface area contributed by atoms with Crippen molar-refractivity contribution in [2.24, 2.45) is 5.92 Å². The van der Waals surface area contributed by atoms with E-state index in [-0.39, 0.29) is 4.90 Å². The monoisotopic (exact) mass is 268 g/mol. The first kappa shape index (κ1) is 14.6. The van der Waals surface area contributed by atoms with Crippen molar-refractivity contribution in [3.63, 3.8) is 0 Å². The molecule has 1 aliphatic rings. The number of carboxylic acid groups (broad SMARTS) is 1. The summed E-state index contributed by atoms with van der Waals surface area (Å²) in [6.45, 7) is -2.22. The number of carbonyl (C=O) groups excluding carboxylic acids is 1. The van der Waals surface area contributed by atoms with E-state index in [1.165, 1.54) is 0 Å². The maximum absolute atomic E-state index is 12.2. The van der Waals surface area contributed by atoms with E-state index >= 15 is 0 Å². The topological polar surface area (TPSA) is 69.6 Å². The lowest BCUT2D eigenvalue weighted by atomic mass is 9.85. The van der Waals surface area contributed by atoms with Crippen molar-refractivity contribution in [3.05, 3.63) is 0 Å². The number of halogens is 3. The summed E-state index contributed by atoms with van der Waals surface area (Å²) in [6.07, 6.45) is -1.66. The van der Waals surface area contributed by atoms with Crippen LogP contribution in [-0.2, 0) is 4.79 Å². The average Bonchev–Trinajstić information content (AvgIpc) is 2.10. The van der Waals surface area contributed by atoms with Gasteiger partial charge in [0, 0.05) is 6.54 Å². The molecule has 2 amide bonds. The Hall–Kier alpha value is -1.47. The molecule has 0 bridgehead atoms. The molecule has 0 radical (unpaired) electrons. The van der Waals surface area contributed by atoms with Gasteiger partial charge in [-0.1, -0.05) is 6.42 Å². The van der Waals surface area contributed by atoms with Crippen LogP contribution in [0.2, 0.25) is 0 Å². The van der Waals surface area contributed by atoms with Crippen LogP contribution in [0.5, 0.6) is 0 Å². The predicted octanol–water partition coefficient (Wildman–Crippen LogP) is 1.45. The molecule has 0 spiro atoms. The highest BCUT2D eigenvalue weighted by molar-refractivity contribution is 5.80. The summed E-state index contributed by atoms with van der Waals surface area (Å²) < 4.78 is 36.5. The minimum atomic E-state index is -4.61. The molecule has 0 heterocycles. The molecule has 2 N–H and O–H groups in total. The van der Waals surface area contributed by atoms with E-state index in [4.69, 9.17) is 5.11 Å². The highest BCUT2D eigenvalue weighted by Crippen LogP contribution is 2.25. The Labute approximate surface area is 102 Å². The molecule has 1 aliphatic carbocycles. The van der Waals surface area contributed by atoms with Crippen molar-refractivity contribution >= 4 is 12.0 Å². The minimum absolute atomic E-state index is 0.251. The average molecular weight is 268 g/mol. The maximum atomic E-state index is 12.2. The van der Waals surface area contributed by atoms with Crippen LogP contribution < -0.4 is 5.32 Å². The van der Waals surface area contributed by atoms with Gasteiger partial charge in [0.25, 0.3) is 0 Å². The second-order valence-corrected chi connectivity index (χ2v) is 4.35. The number of hydrogen-bond donors (Lipinski definition) is 2. The Balaban J connectivity index is 2.45. The van der Waals surface area contributed by atoms with Crippen LogP contribution in [0.4, 0.5) is 18.0 Å². The molecular formula is C10H15F3N2O3. The fourth-order valence-electron chi connectivity index (χ4n) is 1.62. The van der Waals surface area contributed by atoms with Crippen LogP contribution in [0.15, 0.2) is 0 Å². The molecule has 104 valence electrons. The fourth-order valence-corrected chi connectivity index (χ4v) is 1.62. The SMILES string of the molecule is O=C(O)CN(CC(F)(F)F)C(=O)NCC1CCC1. The van der Waals surface area contributed by atoms with Gasteiger partial charge in [-0.3, -0.25) is 4.79 Å². The summed E-state index contributed by atoms with van der Waals surface area (Å²) >= 11 is 0. The van der Waals surface area contributed by atoms with Gasteiger partial charge in [0.2, 0.25) is 0 Å². The molecule has 0 unspecified atom stereocenters. The number of alkyl halides is 3. The summed E-state index contributed by atoms with van der Waals surface area (Å²) in [7, 11) is 0. The highest BCUT2D eigenvalue weighted by Gasteiger charge is 2.34. The third kappa shape index (κ3) is 5.24. The summed E-state index contributed by atoms with van der Waals surface area (Å²) in [5.74, 6) is -1.18. The lowest BCUT2D eigenvalue weighted by molar-refractivity contribution is -0.148. The van der Waals surface area contributed by atoms with Crippen molar-refractivity contribution in [2.75, 3.05) is 19.6 Å². The van der Waals surface area contributed by atoms with E-state index < -0.39 is 31.3 Å². The highest BCUT2D eigenvalue weighted by atomic mass is 19.4. The number of carboxylic acids is 1. The van der Waals surface area contributed by atoms with E-state index in [0.717, 1.165) is 19.3 Å². The lowest BCUT2D eigenvalue weighted by Crippen LogP contribution is -2.48. The summed E-state index contributed by atoms with van der Waals surface area (Å²) in [5, 5.41) is 10.8. The number of rotatable bonds is 5. The zero-order chi connectivity index (χ0) is 13.8. The van der Waals surface area contributed by atoms with E-state index in [1.807, 2.05) is 0 Å². The lowest BCUT2D eigenvalue weighted by Gasteiger charge is -2.28. The van der Waals surface area contributed by atoms with Crippen molar-refractivity contribution in [3.8, 4) is 0 Å². The van der Waals surface area contributed by atoms with Crippen molar-refractivity contribution < 1.29 is 27.9 Å². The van der Waals surface area contributed by atoms with E-state index in [2.05, 4.69) is 5.32 Å². The zero-order valence-corrected chi connectivity index (χ0v) is 9.66. The van der Waals surface area contributed by atoms with Crippen LogP contribution >= 0.6 is 0 Å². The Bertz CT molecular complexity index is 316. The number of nitrogens with zero attached hydrogens (tertiary/aromatic N) is 1. The summed E-state index contributed by atoms with van der Waals surface area (Å²) in [6, 6.07) is -0.985. The van der Waals surface area contributed by atoms with Crippen molar-refractivity contribution in [2.45, 2.75) is 25.4 Å². The predicted molar refractivity (Wildman–Crippen MR) is 56.0 cm³/mol. The number of aliphatic carboxylic acids is 1. The molecule has 0 aromatic rings. The second kappa shape index (κ2) is 5.92. The largest absolute Gasteiger partial charge is 0.480 e. The van der Waals surface area contributed by atoms with Crippen LogP contribution in [0.25, 0.3) is 0 Å². The van der Waals surface area contributed by atoms with Gasteiger partial charge in [-0.2, -0.15) is 13.2 Å². The minimum Gasteiger partial charge on any atom is -0.480 e. The van der Waals surface area contributed by atoms with Gasteiger partial charge in [0.05, 0.1) is 0 Å². The van der Waals surface area contributed by atoms with Crippen LogP contribution in [0, 0.1) is 5.92 Å². The van der Waals surface area contributed by atoms with E-state index in [0.29, 0.717) is 12.5 Å². The Morgan fingerprint density at radius 3 is 2.33 bits per heavy atom. The van der Waals surface area contributed by atoms with Gasteiger partial charge in [-0.15, -0.1) is 0 Å². The van der Waals surface area contributed by atoms with Gasteiger partial charge < -0.3 is 15.3 Å². The molecule has 5 nitrogen and oxygen atoms in total. The standard InChI is InChI=1S/C10H15F3N2O3/c11-10(12,13)6-15(5-8(16)17)9(18)14-4-7-2-1-3-7/h7H,1-6H2,(H,14,18)(H,16,17). The number of nitrogens with one attached hydrogen (secondary N) is 1. The molecule has 1 rings (SSSR count). The third-order valence-electron chi connectivity index (χ3n) is 2.75. The van der Waals surface area contributed by atoms with E-state index in [1.54, 1.807) is 0 Å². The number of urea groups is 1. The number of amides is 2. The normalized spacial score (nSPS) is 15.9. The van der Waals surface area contributed by atoms with Gasteiger partial charge in [-0.25, -0.2) is 4.79 Å². The molecule has 0 aromatic heterocycles. The fraction of sp³-hybridized carbons (Fsp3) is 0.800. The quantitative estimate of drug-likeness (QED) is 0.792. The van der Waals surface area contributed by atoms with Gasteiger partial charge >= 0.3 is 18.2 Å². The molecule has 1 saturated carbocycles. The summed E-state index contributed by atoms with van der Waals surface area (Å²) in [5.41, 5.74) is 0. The number of hydrogen-bond acceptors (Lipinski definition) is 2. The third-order valence-corrected chi connectivity index (χ3v) is 2.75. The first-order valence-electron chi connectivity index (χ1n) is 5.59. The number of carbonyl (C=O) groups is 2. The molecular weight excluding hydrogens is 253 g/mol. The molecule has 0 saturated heterocycles. The molecule has 18 heavy (non-hydrogen) atoms.